The molecule has 1 aromatic heterocycles. The number of nitrogens with one attached hydrogen (secondary N) is 1. The molecule has 1 amide bonds. The highest BCUT2D eigenvalue weighted by molar-refractivity contribution is 7.13. The molecule has 0 unspecified atom stereocenters. The van der Waals surface area contributed by atoms with Gasteiger partial charge in [-0.2, -0.15) is 0 Å². The predicted molar refractivity (Wildman–Crippen MR) is 114 cm³/mol. The molecule has 0 aliphatic heterocycles. The van der Waals surface area contributed by atoms with Crippen LogP contribution in [0.3, 0.4) is 0 Å². The maximum Gasteiger partial charge on any atom is 0.226 e. The Labute approximate surface area is 175 Å². The van der Waals surface area contributed by atoms with Crippen molar-refractivity contribution in [3.8, 4) is 10.6 Å². The van der Waals surface area contributed by atoms with Crippen LogP contribution in [0, 0.1) is 23.2 Å². The van der Waals surface area contributed by atoms with Gasteiger partial charge in [0.2, 0.25) is 5.91 Å². The SMILES string of the molecule is C[C@@H](NC(=O)Cc1csc(-c2ccccc2Cl)n1)C12CC3CC(CC(C3)C1)C2. The summed E-state index contributed by atoms with van der Waals surface area (Å²) in [4.78, 5) is 17.4. The van der Waals surface area contributed by atoms with Crippen LogP contribution in [0.15, 0.2) is 29.6 Å². The topological polar surface area (TPSA) is 42.0 Å². The molecule has 5 heteroatoms. The number of aromatic nitrogens is 1. The van der Waals surface area contributed by atoms with Crippen LogP contribution < -0.4 is 5.32 Å². The fraction of sp³-hybridized carbons (Fsp3) is 0.565. The lowest BCUT2D eigenvalue weighted by molar-refractivity contribution is -0.125. The second-order valence-electron chi connectivity index (χ2n) is 9.37. The third kappa shape index (κ3) is 3.39. The molecule has 2 aromatic rings. The summed E-state index contributed by atoms with van der Waals surface area (Å²) in [7, 11) is 0. The van der Waals surface area contributed by atoms with Crippen LogP contribution >= 0.6 is 22.9 Å². The van der Waals surface area contributed by atoms with Crippen LogP contribution in [0.5, 0.6) is 0 Å². The van der Waals surface area contributed by atoms with Crippen LogP contribution in [0.1, 0.15) is 51.1 Å². The summed E-state index contributed by atoms with van der Waals surface area (Å²) < 4.78 is 0. The number of carbonyl (C=O) groups excluding carboxylic acids is 1. The standard InChI is InChI=1S/C23H27ClN2OS/c1-14(23-10-15-6-16(11-23)8-17(7-15)12-23)25-21(27)9-18-13-28-22(26-18)19-4-2-3-5-20(19)24/h2-5,13-17H,6-12H2,1H3,(H,25,27)/t14-,15?,16?,17?,23?/m1/s1. The number of hydrogen-bond acceptors (Lipinski definition) is 3. The highest BCUT2D eigenvalue weighted by Crippen LogP contribution is 2.61. The Bertz CT molecular complexity index is 857. The first-order chi connectivity index (χ1) is 13.5. The molecule has 1 N–H and O–H groups in total. The highest BCUT2D eigenvalue weighted by atomic mass is 35.5. The van der Waals surface area contributed by atoms with Crippen LogP contribution in [0.2, 0.25) is 5.02 Å². The second-order valence-corrected chi connectivity index (χ2v) is 10.6. The van der Waals surface area contributed by atoms with Crippen LogP contribution in [0.4, 0.5) is 0 Å². The van der Waals surface area contributed by atoms with Crippen molar-refractivity contribution in [3.05, 3.63) is 40.4 Å². The average Bonchev–Trinajstić information content (AvgIpc) is 3.09. The second kappa shape index (κ2) is 7.14. The molecule has 4 saturated carbocycles. The maximum absolute atomic E-state index is 12.8. The molecule has 1 aromatic carbocycles. The van der Waals surface area contributed by atoms with Crippen molar-refractivity contribution in [1.29, 1.82) is 0 Å². The first kappa shape index (κ1) is 18.6. The van der Waals surface area contributed by atoms with E-state index in [1.807, 2.05) is 29.6 Å². The highest BCUT2D eigenvalue weighted by Gasteiger charge is 2.53. The van der Waals surface area contributed by atoms with E-state index in [1.54, 1.807) is 11.3 Å². The van der Waals surface area contributed by atoms with Gasteiger partial charge in [-0.3, -0.25) is 4.79 Å². The quantitative estimate of drug-likeness (QED) is 0.679. The van der Waals surface area contributed by atoms with Gasteiger partial charge in [-0.15, -0.1) is 11.3 Å². The molecular formula is C23H27ClN2OS. The third-order valence-electron chi connectivity index (χ3n) is 7.38. The van der Waals surface area contributed by atoms with Crippen molar-refractivity contribution in [2.75, 3.05) is 0 Å². The number of thiazole rings is 1. The van der Waals surface area contributed by atoms with E-state index in [2.05, 4.69) is 17.2 Å². The molecule has 0 spiro atoms. The summed E-state index contributed by atoms with van der Waals surface area (Å²) in [6.07, 6.45) is 8.59. The number of rotatable bonds is 5. The molecule has 0 radical (unpaired) electrons. The number of benzene rings is 1. The third-order valence-corrected chi connectivity index (χ3v) is 8.63. The van der Waals surface area contributed by atoms with Crippen molar-refractivity contribution >= 4 is 28.8 Å². The van der Waals surface area contributed by atoms with Crippen molar-refractivity contribution in [2.24, 2.45) is 23.2 Å². The van der Waals surface area contributed by atoms with Crippen LogP contribution in [0.25, 0.3) is 10.6 Å². The Morgan fingerprint density at radius 1 is 1.21 bits per heavy atom. The minimum absolute atomic E-state index is 0.0965. The Hall–Kier alpha value is -1.39. The van der Waals surface area contributed by atoms with E-state index in [9.17, 15) is 4.79 Å². The summed E-state index contributed by atoms with van der Waals surface area (Å²) in [6, 6.07) is 7.98. The van der Waals surface area contributed by atoms with Crippen molar-refractivity contribution in [1.82, 2.24) is 10.3 Å². The summed E-state index contributed by atoms with van der Waals surface area (Å²) >= 11 is 7.83. The van der Waals surface area contributed by atoms with Gasteiger partial charge in [0.25, 0.3) is 0 Å². The Morgan fingerprint density at radius 2 is 1.86 bits per heavy atom. The summed E-state index contributed by atoms with van der Waals surface area (Å²) in [6.45, 7) is 2.24. The van der Waals surface area contributed by atoms with Gasteiger partial charge in [0, 0.05) is 17.0 Å². The molecule has 4 fully saturated rings. The summed E-state index contributed by atoms with van der Waals surface area (Å²) in [5, 5.41) is 6.90. The molecule has 0 saturated heterocycles. The van der Waals surface area contributed by atoms with Gasteiger partial charge < -0.3 is 5.32 Å². The zero-order chi connectivity index (χ0) is 19.3. The zero-order valence-electron chi connectivity index (χ0n) is 16.3. The lowest BCUT2D eigenvalue weighted by Gasteiger charge is -2.59. The molecule has 4 aliphatic carbocycles. The van der Waals surface area contributed by atoms with Crippen molar-refractivity contribution in [2.45, 2.75) is 57.9 Å². The van der Waals surface area contributed by atoms with Gasteiger partial charge in [-0.25, -0.2) is 4.98 Å². The molecule has 3 nitrogen and oxygen atoms in total. The fourth-order valence-corrected chi connectivity index (χ4v) is 7.60. The predicted octanol–water partition coefficient (Wildman–Crippen LogP) is 5.73. The minimum atomic E-state index is 0.0965. The van der Waals surface area contributed by atoms with E-state index >= 15 is 0 Å². The number of nitrogens with zero attached hydrogens (tertiary/aromatic N) is 1. The molecular weight excluding hydrogens is 388 g/mol. The Kier molecular flexibility index (Phi) is 4.75. The Balaban J connectivity index is 1.24. The number of hydrogen-bond donors (Lipinski definition) is 1. The number of halogens is 1. The smallest absolute Gasteiger partial charge is 0.226 e. The maximum atomic E-state index is 12.8. The van der Waals surface area contributed by atoms with Gasteiger partial charge in [0.15, 0.2) is 0 Å². The molecule has 6 rings (SSSR count). The first-order valence-electron chi connectivity index (χ1n) is 10.5. The lowest BCUT2D eigenvalue weighted by atomic mass is 9.48. The van der Waals surface area contributed by atoms with Gasteiger partial charge in [0.05, 0.1) is 17.1 Å². The monoisotopic (exact) mass is 414 g/mol. The molecule has 148 valence electrons. The lowest BCUT2D eigenvalue weighted by Crippen LogP contribution is -2.56. The first-order valence-corrected chi connectivity index (χ1v) is 11.8. The van der Waals surface area contributed by atoms with Crippen molar-refractivity contribution in [3.63, 3.8) is 0 Å². The zero-order valence-corrected chi connectivity index (χ0v) is 17.9. The molecule has 28 heavy (non-hydrogen) atoms. The van der Waals surface area contributed by atoms with E-state index < -0.39 is 0 Å². The number of carbonyl (C=O) groups is 1. The molecule has 1 heterocycles. The van der Waals surface area contributed by atoms with E-state index in [0.717, 1.165) is 34.0 Å². The van der Waals surface area contributed by atoms with Gasteiger partial charge in [-0.05, 0) is 74.7 Å². The van der Waals surface area contributed by atoms with Gasteiger partial charge in [0.1, 0.15) is 5.01 Å². The summed E-state index contributed by atoms with van der Waals surface area (Å²) in [5.41, 5.74) is 2.10. The van der Waals surface area contributed by atoms with Gasteiger partial charge in [-0.1, -0.05) is 29.8 Å². The molecule has 1 atom stereocenters. The van der Waals surface area contributed by atoms with Crippen molar-refractivity contribution < 1.29 is 4.79 Å². The van der Waals surface area contributed by atoms with E-state index in [-0.39, 0.29) is 11.9 Å². The van der Waals surface area contributed by atoms with E-state index in [4.69, 9.17) is 11.6 Å². The Morgan fingerprint density at radius 3 is 2.50 bits per heavy atom. The normalized spacial score (nSPS) is 31.7. The van der Waals surface area contributed by atoms with E-state index in [1.165, 1.54) is 38.5 Å². The molecule has 4 aliphatic rings. The van der Waals surface area contributed by atoms with Crippen LogP contribution in [-0.4, -0.2) is 16.9 Å². The summed E-state index contributed by atoms with van der Waals surface area (Å²) in [5.74, 6) is 2.81. The van der Waals surface area contributed by atoms with Gasteiger partial charge >= 0.3 is 0 Å². The van der Waals surface area contributed by atoms with E-state index in [0.29, 0.717) is 16.9 Å². The molecule has 4 bridgehead atoms. The number of amides is 1. The minimum Gasteiger partial charge on any atom is -0.353 e. The largest absolute Gasteiger partial charge is 0.353 e. The average molecular weight is 415 g/mol. The van der Waals surface area contributed by atoms with Crippen LogP contribution in [-0.2, 0) is 11.2 Å². The fourth-order valence-electron chi connectivity index (χ4n) is 6.46.